The lowest BCUT2D eigenvalue weighted by atomic mass is 10.0. The molecule has 138 valence electrons. The molecular formula is C18H27N3O4. The molecule has 0 aromatic carbocycles. The standard InChI is InChI=1S/C18H27N3O4/c1-10-8-21(9-11(2)24-10)18(23)14-5-6-15(7-14)20-17(22)16-12(3)25-13(4)19-16/h10-11,14-15H,5-9H2,1-4H3,(H,20,22). The van der Waals surface area contributed by atoms with Crippen LogP contribution in [-0.2, 0) is 9.53 Å². The molecule has 1 aliphatic carbocycles. The molecule has 25 heavy (non-hydrogen) atoms. The van der Waals surface area contributed by atoms with Gasteiger partial charge >= 0.3 is 0 Å². The fourth-order valence-electron chi connectivity index (χ4n) is 3.95. The highest BCUT2D eigenvalue weighted by molar-refractivity contribution is 5.93. The molecule has 2 fully saturated rings. The molecule has 3 rings (SSSR count). The summed E-state index contributed by atoms with van der Waals surface area (Å²) in [6.07, 6.45) is 2.44. The maximum absolute atomic E-state index is 12.8. The first-order valence-corrected chi connectivity index (χ1v) is 9.02. The molecule has 1 N–H and O–H groups in total. The summed E-state index contributed by atoms with van der Waals surface area (Å²) >= 11 is 0. The van der Waals surface area contributed by atoms with Crippen molar-refractivity contribution in [3.63, 3.8) is 0 Å². The number of aromatic nitrogens is 1. The van der Waals surface area contributed by atoms with Gasteiger partial charge in [-0.3, -0.25) is 9.59 Å². The van der Waals surface area contributed by atoms with Crippen molar-refractivity contribution < 1.29 is 18.7 Å². The van der Waals surface area contributed by atoms with Gasteiger partial charge in [0.2, 0.25) is 5.91 Å². The second kappa shape index (κ2) is 7.15. The lowest BCUT2D eigenvalue weighted by Gasteiger charge is -2.36. The van der Waals surface area contributed by atoms with Crippen LogP contribution in [0.3, 0.4) is 0 Å². The quantitative estimate of drug-likeness (QED) is 0.900. The van der Waals surface area contributed by atoms with E-state index in [1.54, 1.807) is 13.8 Å². The van der Waals surface area contributed by atoms with Gasteiger partial charge in [0.15, 0.2) is 11.6 Å². The molecule has 1 aliphatic heterocycles. The monoisotopic (exact) mass is 349 g/mol. The molecule has 2 heterocycles. The average molecular weight is 349 g/mol. The molecule has 0 radical (unpaired) electrons. The summed E-state index contributed by atoms with van der Waals surface area (Å²) < 4.78 is 11.0. The molecule has 7 heteroatoms. The summed E-state index contributed by atoms with van der Waals surface area (Å²) in [5.74, 6) is 0.950. The number of amides is 2. The number of carbonyl (C=O) groups excluding carboxylic acids is 2. The number of nitrogens with one attached hydrogen (secondary N) is 1. The van der Waals surface area contributed by atoms with E-state index in [0.717, 1.165) is 12.8 Å². The van der Waals surface area contributed by atoms with Crippen LogP contribution in [0.1, 0.15) is 55.2 Å². The van der Waals surface area contributed by atoms with Crippen molar-refractivity contribution >= 4 is 11.8 Å². The van der Waals surface area contributed by atoms with Crippen molar-refractivity contribution in [1.82, 2.24) is 15.2 Å². The number of rotatable bonds is 3. The summed E-state index contributed by atoms with van der Waals surface area (Å²) in [4.78, 5) is 31.2. The molecule has 1 aromatic heterocycles. The van der Waals surface area contributed by atoms with Crippen LogP contribution in [0.15, 0.2) is 4.42 Å². The number of carbonyl (C=O) groups is 2. The lowest BCUT2D eigenvalue weighted by molar-refractivity contribution is -0.147. The van der Waals surface area contributed by atoms with Crippen LogP contribution in [-0.4, -0.2) is 53.0 Å². The van der Waals surface area contributed by atoms with E-state index in [1.807, 2.05) is 18.7 Å². The van der Waals surface area contributed by atoms with Crippen molar-refractivity contribution in [2.45, 2.75) is 65.2 Å². The fourth-order valence-corrected chi connectivity index (χ4v) is 3.95. The van der Waals surface area contributed by atoms with Gasteiger partial charge < -0.3 is 19.4 Å². The van der Waals surface area contributed by atoms with Gasteiger partial charge in [0.25, 0.3) is 5.91 Å². The van der Waals surface area contributed by atoms with E-state index in [0.29, 0.717) is 36.9 Å². The molecule has 0 bridgehead atoms. The van der Waals surface area contributed by atoms with Crippen LogP contribution in [0.2, 0.25) is 0 Å². The molecular weight excluding hydrogens is 322 g/mol. The number of aryl methyl sites for hydroxylation is 2. The molecule has 0 spiro atoms. The molecule has 4 unspecified atom stereocenters. The maximum Gasteiger partial charge on any atom is 0.273 e. The predicted molar refractivity (Wildman–Crippen MR) is 91.2 cm³/mol. The molecule has 7 nitrogen and oxygen atoms in total. The Morgan fingerprint density at radius 2 is 1.84 bits per heavy atom. The van der Waals surface area contributed by atoms with Gasteiger partial charge in [-0.1, -0.05) is 0 Å². The summed E-state index contributed by atoms with van der Waals surface area (Å²) in [7, 11) is 0. The number of morpholine rings is 1. The molecule has 2 amide bonds. The van der Waals surface area contributed by atoms with E-state index in [4.69, 9.17) is 9.15 Å². The highest BCUT2D eigenvalue weighted by Gasteiger charge is 2.36. The SMILES string of the molecule is Cc1nc(C(=O)NC2CCC(C(=O)N3CC(C)OC(C)C3)C2)c(C)o1. The van der Waals surface area contributed by atoms with Crippen LogP contribution in [0, 0.1) is 19.8 Å². The van der Waals surface area contributed by atoms with Crippen molar-refractivity contribution in [3.8, 4) is 0 Å². The first-order valence-electron chi connectivity index (χ1n) is 9.02. The van der Waals surface area contributed by atoms with Crippen molar-refractivity contribution in [2.24, 2.45) is 5.92 Å². The van der Waals surface area contributed by atoms with Crippen LogP contribution < -0.4 is 5.32 Å². The number of hydrogen-bond acceptors (Lipinski definition) is 5. The minimum Gasteiger partial charge on any atom is -0.445 e. The van der Waals surface area contributed by atoms with Gasteiger partial charge in [0, 0.05) is 32.0 Å². The minimum absolute atomic E-state index is 0.00810. The Kier molecular flexibility index (Phi) is 5.13. The molecule has 1 aromatic rings. The molecule has 4 atom stereocenters. The highest BCUT2D eigenvalue weighted by atomic mass is 16.5. The number of hydrogen-bond donors (Lipinski definition) is 1. The van der Waals surface area contributed by atoms with E-state index in [9.17, 15) is 9.59 Å². The van der Waals surface area contributed by atoms with Gasteiger partial charge in [0.1, 0.15) is 5.76 Å². The Morgan fingerprint density at radius 3 is 2.44 bits per heavy atom. The number of ether oxygens (including phenoxy) is 1. The lowest BCUT2D eigenvalue weighted by Crippen LogP contribution is -2.50. The normalized spacial score (nSPS) is 29.7. The van der Waals surface area contributed by atoms with Crippen LogP contribution in [0.5, 0.6) is 0 Å². The van der Waals surface area contributed by atoms with Gasteiger partial charge in [-0.25, -0.2) is 4.98 Å². The zero-order valence-corrected chi connectivity index (χ0v) is 15.4. The maximum atomic E-state index is 12.8. The zero-order chi connectivity index (χ0) is 18.1. The van der Waals surface area contributed by atoms with E-state index < -0.39 is 0 Å². The fraction of sp³-hybridized carbons (Fsp3) is 0.722. The average Bonchev–Trinajstić information content (AvgIpc) is 3.11. The van der Waals surface area contributed by atoms with Gasteiger partial charge in [-0.05, 0) is 40.0 Å². The van der Waals surface area contributed by atoms with Crippen LogP contribution >= 0.6 is 0 Å². The predicted octanol–water partition coefficient (Wildman–Crippen LogP) is 1.83. The van der Waals surface area contributed by atoms with Gasteiger partial charge in [-0.2, -0.15) is 0 Å². The first kappa shape index (κ1) is 17.9. The van der Waals surface area contributed by atoms with Crippen molar-refractivity contribution in [3.05, 3.63) is 17.3 Å². The molecule has 2 aliphatic rings. The largest absolute Gasteiger partial charge is 0.445 e. The summed E-state index contributed by atoms with van der Waals surface area (Å²) in [5, 5.41) is 3.00. The van der Waals surface area contributed by atoms with Crippen LogP contribution in [0.25, 0.3) is 0 Å². The second-order valence-electron chi connectivity index (χ2n) is 7.32. The van der Waals surface area contributed by atoms with E-state index >= 15 is 0 Å². The Balaban J connectivity index is 1.55. The second-order valence-corrected chi connectivity index (χ2v) is 7.32. The van der Waals surface area contributed by atoms with Crippen LogP contribution in [0.4, 0.5) is 0 Å². The summed E-state index contributed by atoms with van der Waals surface area (Å²) in [6, 6.07) is 0.00810. The third-order valence-electron chi connectivity index (χ3n) is 4.97. The van der Waals surface area contributed by atoms with E-state index in [-0.39, 0.29) is 36.0 Å². The Bertz CT molecular complexity index is 647. The topological polar surface area (TPSA) is 84.7 Å². The third kappa shape index (κ3) is 4.03. The number of oxazole rings is 1. The van der Waals surface area contributed by atoms with Gasteiger partial charge in [-0.15, -0.1) is 0 Å². The molecule has 1 saturated heterocycles. The molecule has 1 saturated carbocycles. The van der Waals surface area contributed by atoms with Crippen molar-refractivity contribution in [1.29, 1.82) is 0 Å². The first-order chi connectivity index (χ1) is 11.8. The summed E-state index contributed by atoms with van der Waals surface area (Å²) in [5.41, 5.74) is 0.336. The zero-order valence-electron chi connectivity index (χ0n) is 15.4. The summed E-state index contributed by atoms with van der Waals surface area (Å²) in [6.45, 7) is 8.74. The van der Waals surface area contributed by atoms with E-state index in [2.05, 4.69) is 10.3 Å². The highest BCUT2D eigenvalue weighted by Crippen LogP contribution is 2.29. The Labute approximate surface area is 148 Å². The Hall–Kier alpha value is -1.89. The Morgan fingerprint density at radius 1 is 1.16 bits per heavy atom. The van der Waals surface area contributed by atoms with Crippen molar-refractivity contribution in [2.75, 3.05) is 13.1 Å². The third-order valence-corrected chi connectivity index (χ3v) is 4.97. The number of nitrogens with zero attached hydrogens (tertiary/aromatic N) is 2. The minimum atomic E-state index is -0.221. The van der Waals surface area contributed by atoms with E-state index in [1.165, 1.54) is 0 Å². The van der Waals surface area contributed by atoms with Gasteiger partial charge in [0.05, 0.1) is 12.2 Å². The smallest absolute Gasteiger partial charge is 0.273 e.